The minimum atomic E-state index is -0.179. The van der Waals surface area contributed by atoms with Gasteiger partial charge in [-0.1, -0.05) is 42.3 Å². The van der Waals surface area contributed by atoms with Gasteiger partial charge in [-0.15, -0.1) is 0 Å². The molecule has 1 unspecified atom stereocenters. The van der Waals surface area contributed by atoms with E-state index in [1.165, 1.54) is 0 Å². The molecule has 2 aromatic rings. The molecule has 0 aliphatic carbocycles. The molecular weight excluding hydrogens is 307 g/mol. The van der Waals surface area contributed by atoms with E-state index in [2.05, 4.69) is 10.3 Å². The van der Waals surface area contributed by atoms with Gasteiger partial charge in [-0.3, -0.25) is 4.79 Å². The molecule has 0 fully saturated rings. The summed E-state index contributed by atoms with van der Waals surface area (Å²) in [6.45, 7) is 3.88. The number of nitrogens with one attached hydrogen (secondary N) is 1. The number of pyridine rings is 1. The topological polar surface area (TPSA) is 42.0 Å². The van der Waals surface area contributed by atoms with Crippen LogP contribution in [0.15, 0.2) is 36.4 Å². The van der Waals surface area contributed by atoms with Crippen molar-refractivity contribution in [1.82, 2.24) is 10.3 Å². The average Bonchev–Trinajstić information content (AvgIpc) is 2.46. The molecule has 1 atom stereocenters. The number of halogens is 2. The summed E-state index contributed by atoms with van der Waals surface area (Å²) in [5.74, 6) is -0.179. The third kappa shape index (κ3) is 4.19. The summed E-state index contributed by atoms with van der Waals surface area (Å²) >= 11 is 11.9. The molecule has 0 radical (unpaired) electrons. The molecule has 1 heterocycles. The molecule has 0 saturated carbocycles. The molecule has 0 aliphatic rings. The summed E-state index contributed by atoms with van der Waals surface area (Å²) in [6, 6.07) is 10.6. The predicted octanol–water partition coefficient (Wildman–Crippen LogP) is 4.44. The Balaban J connectivity index is 2.16. The van der Waals surface area contributed by atoms with Crippen LogP contribution in [-0.2, 0) is 6.42 Å². The van der Waals surface area contributed by atoms with E-state index in [4.69, 9.17) is 23.2 Å². The maximum atomic E-state index is 12.3. The van der Waals surface area contributed by atoms with Crippen LogP contribution in [0, 0.1) is 0 Å². The average molecular weight is 323 g/mol. The van der Waals surface area contributed by atoms with E-state index in [9.17, 15) is 4.79 Å². The fourth-order valence-electron chi connectivity index (χ4n) is 2.00. The first-order valence-corrected chi connectivity index (χ1v) is 7.48. The monoisotopic (exact) mass is 322 g/mol. The largest absolute Gasteiger partial charge is 0.346 e. The summed E-state index contributed by atoms with van der Waals surface area (Å²) in [7, 11) is 0. The van der Waals surface area contributed by atoms with E-state index in [1.54, 1.807) is 18.2 Å². The number of nitrogens with zero attached hydrogens (tertiary/aromatic N) is 1. The van der Waals surface area contributed by atoms with Crippen LogP contribution in [-0.4, -0.2) is 10.9 Å². The first kappa shape index (κ1) is 15.8. The van der Waals surface area contributed by atoms with Crippen LogP contribution < -0.4 is 5.32 Å². The Morgan fingerprint density at radius 3 is 2.71 bits per heavy atom. The van der Waals surface area contributed by atoms with E-state index < -0.39 is 0 Å². The predicted molar refractivity (Wildman–Crippen MR) is 86.0 cm³/mol. The van der Waals surface area contributed by atoms with Crippen LogP contribution in [0.2, 0.25) is 10.2 Å². The Kier molecular flexibility index (Phi) is 5.21. The van der Waals surface area contributed by atoms with Crippen molar-refractivity contribution in [3.63, 3.8) is 0 Å². The number of carbonyl (C=O) groups is 1. The Labute approximate surface area is 134 Å². The van der Waals surface area contributed by atoms with Gasteiger partial charge in [0.25, 0.3) is 5.91 Å². The molecule has 3 nitrogen and oxygen atoms in total. The molecule has 1 aromatic heterocycles. The standard InChI is InChI=1S/C16H16Cl2N2O/c1-3-14-8-12(9-15(18)20-14)16(21)19-10(2)11-5-4-6-13(17)7-11/h4-10H,3H2,1-2H3,(H,19,21). The minimum absolute atomic E-state index is 0.145. The van der Waals surface area contributed by atoms with Gasteiger partial charge in [-0.25, -0.2) is 4.98 Å². The third-order valence-corrected chi connectivity index (χ3v) is 3.60. The fourth-order valence-corrected chi connectivity index (χ4v) is 2.43. The molecule has 5 heteroatoms. The Hall–Kier alpha value is -1.58. The second-order valence-electron chi connectivity index (χ2n) is 4.77. The first-order valence-electron chi connectivity index (χ1n) is 6.72. The molecule has 21 heavy (non-hydrogen) atoms. The second kappa shape index (κ2) is 6.92. The molecule has 0 saturated heterocycles. The van der Waals surface area contributed by atoms with Crippen molar-refractivity contribution in [2.75, 3.05) is 0 Å². The summed E-state index contributed by atoms with van der Waals surface area (Å²) in [6.07, 6.45) is 0.727. The van der Waals surface area contributed by atoms with Gasteiger partial charge in [-0.2, -0.15) is 0 Å². The van der Waals surface area contributed by atoms with Crippen molar-refractivity contribution in [3.8, 4) is 0 Å². The van der Waals surface area contributed by atoms with Crippen molar-refractivity contribution in [3.05, 3.63) is 63.4 Å². The Morgan fingerprint density at radius 1 is 1.29 bits per heavy atom. The van der Waals surface area contributed by atoms with Crippen LogP contribution in [0.1, 0.15) is 41.5 Å². The molecule has 2 rings (SSSR count). The molecule has 110 valence electrons. The Bertz CT molecular complexity index is 658. The molecule has 1 N–H and O–H groups in total. The molecule has 1 aromatic carbocycles. The van der Waals surface area contributed by atoms with Gasteiger partial charge < -0.3 is 5.32 Å². The highest BCUT2D eigenvalue weighted by atomic mass is 35.5. The third-order valence-electron chi connectivity index (χ3n) is 3.17. The summed E-state index contributed by atoms with van der Waals surface area (Å²) < 4.78 is 0. The van der Waals surface area contributed by atoms with Crippen LogP contribution in [0.3, 0.4) is 0 Å². The van der Waals surface area contributed by atoms with E-state index >= 15 is 0 Å². The molecule has 0 aliphatic heterocycles. The number of carbonyl (C=O) groups excluding carboxylic acids is 1. The highest BCUT2D eigenvalue weighted by Crippen LogP contribution is 2.18. The van der Waals surface area contributed by atoms with Crippen molar-refractivity contribution >= 4 is 29.1 Å². The molecule has 0 bridgehead atoms. The molecule has 1 amide bonds. The van der Waals surface area contributed by atoms with Crippen molar-refractivity contribution in [1.29, 1.82) is 0 Å². The lowest BCUT2D eigenvalue weighted by atomic mass is 10.1. The fraction of sp³-hybridized carbons (Fsp3) is 0.250. The van der Waals surface area contributed by atoms with Crippen LogP contribution in [0.25, 0.3) is 0 Å². The summed E-state index contributed by atoms with van der Waals surface area (Å²) in [5, 5.41) is 3.91. The summed E-state index contributed by atoms with van der Waals surface area (Å²) in [4.78, 5) is 16.5. The van der Waals surface area contributed by atoms with Gasteiger partial charge in [-0.05, 0) is 43.2 Å². The van der Waals surface area contributed by atoms with Gasteiger partial charge in [0.1, 0.15) is 5.15 Å². The lowest BCUT2D eigenvalue weighted by Crippen LogP contribution is -2.26. The van der Waals surface area contributed by atoms with Crippen molar-refractivity contribution in [2.45, 2.75) is 26.3 Å². The van der Waals surface area contributed by atoms with Gasteiger partial charge in [0, 0.05) is 16.3 Å². The zero-order valence-corrected chi connectivity index (χ0v) is 13.4. The maximum absolute atomic E-state index is 12.3. The number of amides is 1. The zero-order chi connectivity index (χ0) is 15.4. The summed E-state index contributed by atoms with van der Waals surface area (Å²) in [5.41, 5.74) is 2.26. The quantitative estimate of drug-likeness (QED) is 0.845. The number of benzene rings is 1. The maximum Gasteiger partial charge on any atom is 0.251 e. The number of hydrogen-bond acceptors (Lipinski definition) is 2. The highest BCUT2D eigenvalue weighted by molar-refractivity contribution is 6.30. The van der Waals surface area contributed by atoms with Gasteiger partial charge >= 0.3 is 0 Å². The molecule has 0 spiro atoms. The van der Waals surface area contributed by atoms with Crippen LogP contribution in [0.4, 0.5) is 0 Å². The van der Waals surface area contributed by atoms with E-state index in [0.29, 0.717) is 15.7 Å². The van der Waals surface area contributed by atoms with Gasteiger partial charge in [0.05, 0.1) is 6.04 Å². The van der Waals surface area contributed by atoms with Crippen molar-refractivity contribution < 1.29 is 4.79 Å². The van der Waals surface area contributed by atoms with E-state index in [0.717, 1.165) is 17.7 Å². The second-order valence-corrected chi connectivity index (χ2v) is 5.60. The first-order chi connectivity index (χ1) is 9.99. The van der Waals surface area contributed by atoms with Gasteiger partial charge in [0.15, 0.2) is 0 Å². The van der Waals surface area contributed by atoms with Crippen molar-refractivity contribution in [2.24, 2.45) is 0 Å². The van der Waals surface area contributed by atoms with E-state index in [1.807, 2.05) is 32.0 Å². The van der Waals surface area contributed by atoms with Gasteiger partial charge in [0.2, 0.25) is 0 Å². The number of aromatic nitrogens is 1. The minimum Gasteiger partial charge on any atom is -0.346 e. The van der Waals surface area contributed by atoms with Crippen LogP contribution in [0.5, 0.6) is 0 Å². The number of rotatable bonds is 4. The number of hydrogen-bond donors (Lipinski definition) is 1. The van der Waals surface area contributed by atoms with Crippen LogP contribution >= 0.6 is 23.2 Å². The lowest BCUT2D eigenvalue weighted by Gasteiger charge is -2.15. The normalized spacial score (nSPS) is 12.0. The Morgan fingerprint density at radius 2 is 2.05 bits per heavy atom. The highest BCUT2D eigenvalue weighted by Gasteiger charge is 2.13. The smallest absolute Gasteiger partial charge is 0.251 e. The van der Waals surface area contributed by atoms with E-state index in [-0.39, 0.29) is 11.9 Å². The number of aryl methyl sites for hydroxylation is 1. The lowest BCUT2D eigenvalue weighted by molar-refractivity contribution is 0.0939. The SMILES string of the molecule is CCc1cc(C(=O)NC(C)c2cccc(Cl)c2)cc(Cl)n1. The zero-order valence-electron chi connectivity index (χ0n) is 11.9. The molecular formula is C16H16Cl2N2O.